The van der Waals surface area contributed by atoms with Crippen molar-refractivity contribution in [3.63, 3.8) is 0 Å². The summed E-state index contributed by atoms with van der Waals surface area (Å²) in [4.78, 5) is 0.945. The number of fused-ring (bicyclic) bond motifs is 1. The molecule has 0 aliphatic heterocycles. The Bertz CT molecular complexity index is 2540. The molecule has 2 N–H and O–H groups in total. The number of aromatic amines is 1. The lowest BCUT2D eigenvalue weighted by Crippen LogP contribution is -2.21. The third-order valence-corrected chi connectivity index (χ3v) is 12.4. The molecule has 3 aromatic heterocycles. The van der Waals surface area contributed by atoms with E-state index < -0.39 is 26.0 Å². The number of aryl methyl sites for hydroxylation is 1. The van der Waals surface area contributed by atoms with Gasteiger partial charge in [0, 0.05) is 33.2 Å². The molecule has 7 rings (SSSR count). The lowest BCUT2D eigenvalue weighted by Gasteiger charge is -2.20. The van der Waals surface area contributed by atoms with Crippen molar-refractivity contribution in [3.8, 4) is 39.6 Å². The van der Waals surface area contributed by atoms with Crippen LogP contribution in [0.15, 0.2) is 112 Å². The van der Waals surface area contributed by atoms with Gasteiger partial charge in [-0.15, -0.1) is 11.3 Å². The number of rotatable bonds is 8. The number of hydrogen-bond acceptors (Lipinski definition) is 8. The summed E-state index contributed by atoms with van der Waals surface area (Å²) in [6.07, 6.45) is 1.57. The molecule has 0 saturated carbocycles. The van der Waals surface area contributed by atoms with E-state index in [9.17, 15) is 22.3 Å². The molecular weight excluding hydrogens is 670 g/mol. The Kier molecular flexibility index (Phi) is 7.75. The van der Waals surface area contributed by atoms with Crippen LogP contribution in [0.1, 0.15) is 10.4 Å². The minimum Gasteiger partial charge on any atom is -0.291 e. The van der Waals surface area contributed by atoms with E-state index in [2.05, 4.69) is 31.4 Å². The Morgan fingerprint density at radius 3 is 2.42 bits per heavy atom. The van der Waals surface area contributed by atoms with Crippen LogP contribution in [0.5, 0.6) is 0 Å². The van der Waals surface area contributed by atoms with Gasteiger partial charge in [-0.3, -0.25) is 8.93 Å². The molecule has 7 aromatic rings. The lowest BCUT2D eigenvalue weighted by atomic mass is 9.96. The van der Waals surface area contributed by atoms with Crippen LogP contribution in [-0.2, 0) is 20.1 Å². The van der Waals surface area contributed by atoms with E-state index in [0.717, 1.165) is 11.1 Å². The second kappa shape index (κ2) is 11.9. The number of tetrazole rings is 1. The Morgan fingerprint density at radius 1 is 0.958 bits per heavy atom. The van der Waals surface area contributed by atoms with Gasteiger partial charge in [0.05, 0.1) is 16.1 Å². The van der Waals surface area contributed by atoms with Crippen LogP contribution < -0.4 is 4.72 Å². The van der Waals surface area contributed by atoms with Gasteiger partial charge >= 0.3 is 0 Å². The molecule has 240 valence electrons. The highest BCUT2D eigenvalue weighted by molar-refractivity contribution is 8.03. The monoisotopic (exact) mass is 695 g/mol. The van der Waals surface area contributed by atoms with Crippen molar-refractivity contribution in [2.75, 3.05) is 11.0 Å². The molecule has 0 saturated heterocycles. The summed E-state index contributed by atoms with van der Waals surface area (Å²) in [7, 11) is -7.41. The minimum absolute atomic E-state index is 0.0601. The quantitative estimate of drug-likeness (QED) is 0.148. The fourth-order valence-electron chi connectivity index (χ4n) is 5.70. The summed E-state index contributed by atoms with van der Waals surface area (Å²) < 4.78 is 61.8. The summed E-state index contributed by atoms with van der Waals surface area (Å²) in [6, 6.07) is 28.9. The number of nitrogens with zero attached hydrogens (tertiary/aromatic N) is 5. The average molecular weight is 696 g/mol. The third kappa shape index (κ3) is 5.47. The molecule has 4 aromatic carbocycles. The van der Waals surface area contributed by atoms with Crippen LogP contribution >= 0.6 is 11.3 Å². The van der Waals surface area contributed by atoms with Crippen LogP contribution in [0.4, 0.5) is 10.3 Å². The number of hydrogen-bond donors (Lipinski definition) is 3. The molecule has 0 amide bonds. The van der Waals surface area contributed by atoms with Crippen molar-refractivity contribution in [3.05, 3.63) is 119 Å². The van der Waals surface area contributed by atoms with Crippen LogP contribution in [0.3, 0.4) is 0 Å². The maximum absolute atomic E-state index is 14.9. The Morgan fingerprint density at radius 2 is 1.69 bits per heavy atom. The smallest absolute Gasteiger partial charge is 0.268 e. The molecule has 0 radical (unpaired) electrons. The fraction of sp³-hybridized carbons (Fsp3) is 0.0588. The van der Waals surface area contributed by atoms with Crippen LogP contribution in [0.25, 0.3) is 44.4 Å². The number of benzene rings is 4. The zero-order valence-corrected chi connectivity index (χ0v) is 27.9. The zero-order valence-electron chi connectivity index (χ0n) is 25.4. The first kappa shape index (κ1) is 31.1. The first-order chi connectivity index (χ1) is 23.1. The molecule has 3 heterocycles. The van der Waals surface area contributed by atoms with Crippen molar-refractivity contribution in [2.24, 2.45) is 0 Å². The highest BCUT2D eigenvalue weighted by atomic mass is 32.3. The van der Waals surface area contributed by atoms with Crippen LogP contribution in [-0.4, -0.2) is 43.5 Å². The normalized spacial score (nSPS) is 12.2. The molecular formula is C34H26FN7O3S3. The van der Waals surface area contributed by atoms with Crippen molar-refractivity contribution in [2.45, 2.75) is 16.7 Å². The predicted octanol–water partition coefficient (Wildman–Crippen LogP) is 6.81. The Labute approximate surface area is 280 Å². The number of thiophene rings is 1. The number of thiol groups is 1. The number of halogens is 1. The van der Waals surface area contributed by atoms with Crippen molar-refractivity contribution in [1.82, 2.24) is 24.6 Å². The lowest BCUT2D eigenvalue weighted by molar-refractivity contribution is 0.589. The standard InChI is InChI=1S/C34H26FN7O3S3/c1-21-9-12-26(13-10-21)48(44,45)42-30-14-11-25(35)19-29(30)32(28-15-16-46-31(28)20-36)33(42)24-7-3-5-22(17-24)23-6-4-8-27(18-23)47(2,43)39-34-37-40-41-38-34/h3-19,47H,1-2H3,(H2,37,38,39,40,41,43). The second-order valence-electron chi connectivity index (χ2n) is 11.2. The molecule has 0 unspecified atom stereocenters. The molecule has 0 atom stereocenters. The van der Waals surface area contributed by atoms with Gasteiger partial charge in [-0.1, -0.05) is 53.1 Å². The summed E-state index contributed by atoms with van der Waals surface area (Å²) in [5, 5.41) is 25.5. The van der Waals surface area contributed by atoms with Gasteiger partial charge in [0.1, 0.15) is 16.8 Å². The first-order valence-corrected chi connectivity index (χ1v) is 19.0. The largest absolute Gasteiger partial charge is 0.291 e. The van der Waals surface area contributed by atoms with Crippen molar-refractivity contribution in [1.29, 1.82) is 5.26 Å². The van der Waals surface area contributed by atoms with Crippen LogP contribution in [0, 0.1) is 24.1 Å². The molecule has 0 aliphatic carbocycles. The zero-order chi connectivity index (χ0) is 33.6. The van der Waals surface area contributed by atoms with Gasteiger partial charge in [0.25, 0.3) is 16.0 Å². The highest BCUT2D eigenvalue weighted by Gasteiger charge is 2.30. The van der Waals surface area contributed by atoms with E-state index in [-0.39, 0.29) is 22.1 Å². The fourth-order valence-corrected chi connectivity index (χ4v) is 9.32. The molecule has 10 nitrogen and oxygen atoms in total. The highest BCUT2D eigenvalue weighted by Crippen LogP contribution is 2.46. The summed E-state index contributed by atoms with van der Waals surface area (Å²) >= 11 is 1.22. The summed E-state index contributed by atoms with van der Waals surface area (Å²) in [5.41, 5.74) is 4.31. The molecule has 48 heavy (non-hydrogen) atoms. The van der Waals surface area contributed by atoms with Crippen molar-refractivity contribution < 1.29 is 17.0 Å². The van der Waals surface area contributed by atoms with Gasteiger partial charge in [-0.2, -0.15) is 5.26 Å². The number of H-pyrrole nitrogens is 1. The summed E-state index contributed by atoms with van der Waals surface area (Å²) in [5.74, 6) is -0.372. The summed E-state index contributed by atoms with van der Waals surface area (Å²) in [6.45, 7) is 1.87. The van der Waals surface area contributed by atoms with Crippen LogP contribution in [0.2, 0.25) is 0 Å². The van der Waals surface area contributed by atoms with E-state index in [0.29, 0.717) is 37.4 Å². The van der Waals surface area contributed by atoms with E-state index in [4.69, 9.17) is 0 Å². The van der Waals surface area contributed by atoms with E-state index in [1.165, 1.54) is 33.5 Å². The maximum atomic E-state index is 14.9. The molecule has 14 heteroatoms. The van der Waals surface area contributed by atoms with Gasteiger partial charge in [-0.05, 0) is 98.6 Å². The van der Waals surface area contributed by atoms with Gasteiger partial charge < -0.3 is 0 Å². The number of nitrogens with one attached hydrogen (secondary N) is 2. The number of anilines is 1. The van der Waals surface area contributed by atoms with E-state index in [1.54, 1.807) is 72.3 Å². The van der Waals surface area contributed by atoms with Gasteiger partial charge in [0.2, 0.25) is 0 Å². The van der Waals surface area contributed by atoms with E-state index in [1.807, 2.05) is 25.1 Å². The molecule has 0 fully saturated rings. The average Bonchev–Trinajstić information content (AvgIpc) is 3.84. The Balaban J connectivity index is 1.48. The molecule has 0 spiro atoms. The number of nitriles is 1. The third-order valence-electron chi connectivity index (χ3n) is 7.95. The van der Waals surface area contributed by atoms with Crippen molar-refractivity contribution >= 4 is 48.3 Å². The van der Waals surface area contributed by atoms with Gasteiger partial charge in [0.15, 0.2) is 0 Å². The van der Waals surface area contributed by atoms with E-state index >= 15 is 0 Å². The SMILES string of the molecule is Cc1ccc(S(=O)(=O)n2c(-c3cccc(-c4cccc([SH](C)(=O)Nc5nnn[nH]5)c4)c3)c(-c3ccsc3C#N)c3cc(F)ccc32)cc1. The van der Waals surface area contributed by atoms with Gasteiger partial charge in [-0.25, -0.2) is 21.9 Å². The second-order valence-corrected chi connectivity index (χ2v) is 16.5. The molecule has 0 aliphatic rings. The molecule has 0 bridgehead atoms. The topological polar surface area (TPSA) is 146 Å². The first-order valence-electron chi connectivity index (χ1n) is 14.5. The maximum Gasteiger partial charge on any atom is 0.268 e. The Hall–Kier alpha value is -5.49. The minimum atomic E-state index is -4.24. The predicted molar refractivity (Wildman–Crippen MR) is 186 cm³/mol. The number of aromatic nitrogens is 5.